The molecule has 212 valence electrons. The quantitative estimate of drug-likeness (QED) is 0.208. The van der Waals surface area contributed by atoms with Crippen LogP contribution in [0.15, 0.2) is 55.6 Å². The van der Waals surface area contributed by atoms with Crippen molar-refractivity contribution in [2.24, 2.45) is 11.8 Å². The summed E-state index contributed by atoms with van der Waals surface area (Å²) in [6, 6.07) is 8.89. The third kappa shape index (κ3) is 5.54. The number of aliphatic hydroxyl groups is 1. The summed E-state index contributed by atoms with van der Waals surface area (Å²) in [5.74, 6) is -2.37. The number of amides is 2. The Hall–Kier alpha value is -2.97. The summed E-state index contributed by atoms with van der Waals surface area (Å²) in [6.07, 6.45) is 7.97. The largest absolute Gasteiger partial charge is 0.465 e. The van der Waals surface area contributed by atoms with Crippen molar-refractivity contribution in [1.29, 1.82) is 0 Å². The molecule has 2 bridgehead atoms. The van der Waals surface area contributed by atoms with E-state index in [2.05, 4.69) is 13.2 Å². The Labute approximate surface area is 231 Å². The van der Waals surface area contributed by atoms with Crippen molar-refractivity contribution < 1.29 is 29.0 Å². The number of rotatable bonds is 15. The fraction of sp³-hybridized carbons (Fsp3) is 0.581. The van der Waals surface area contributed by atoms with Crippen molar-refractivity contribution in [2.45, 2.75) is 75.7 Å². The number of fused-ring (bicyclic) bond motifs is 1. The molecule has 0 aromatic heterocycles. The van der Waals surface area contributed by atoms with E-state index in [4.69, 9.17) is 9.47 Å². The van der Waals surface area contributed by atoms with Crippen LogP contribution in [0.1, 0.15) is 57.4 Å². The summed E-state index contributed by atoms with van der Waals surface area (Å²) >= 11 is 0. The fourth-order valence-electron chi connectivity index (χ4n) is 6.73. The Morgan fingerprint density at radius 3 is 2.62 bits per heavy atom. The average molecular weight is 539 g/mol. The van der Waals surface area contributed by atoms with Gasteiger partial charge in [0.2, 0.25) is 11.8 Å². The van der Waals surface area contributed by atoms with Gasteiger partial charge in [-0.1, -0.05) is 42.5 Å². The Morgan fingerprint density at radius 1 is 1.15 bits per heavy atom. The third-order valence-corrected chi connectivity index (χ3v) is 8.50. The average Bonchev–Trinajstić information content (AvgIpc) is 3.49. The maximum Gasteiger partial charge on any atom is 0.312 e. The first-order chi connectivity index (χ1) is 18.8. The number of nitrogens with zero attached hydrogens (tertiary/aromatic N) is 2. The number of esters is 1. The molecule has 3 saturated heterocycles. The predicted molar refractivity (Wildman–Crippen MR) is 147 cm³/mol. The van der Waals surface area contributed by atoms with Gasteiger partial charge in [-0.15, -0.1) is 13.2 Å². The number of carbonyl (C=O) groups is 3. The van der Waals surface area contributed by atoms with Crippen molar-refractivity contribution in [3.05, 3.63) is 61.2 Å². The van der Waals surface area contributed by atoms with Crippen LogP contribution in [0.25, 0.3) is 0 Å². The van der Waals surface area contributed by atoms with Gasteiger partial charge in [-0.2, -0.15) is 0 Å². The number of hydrogen-bond donors (Lipinski definition) is 1. The SMILES string of the molecule is C=CCCCOC(=O)[C@H]1[C@H]2C(=O)N(CCCCCO)C(C(=O)N(CC=C)Cc3ccccc3)C23CC[C@]1(C)O3. The lowest BCUT2D eigenvalue weighted by molar-refractivity contribution is -0.160. The first kappa shape index (κ1) is 29.0. The van der Waals surface area contributed by atoms with E-state index in [1.54, 1.807) is 22.0 Å². The van der Waals surface area contributed by atoms with Crippen LogP contribution in [0.3, 0.4) is 0 Å². The zero-order chi connectivity index (χ0) is 28.0. The molecule has 8 nitrogen and oxygen atoms in total. The van der Waals surface area contributed by atoms with E-state index in [0.717, 1.165) is 18.4 Å². The van der Waals surface area contributed by atoms with Crippen LogP contribution in [0.2, 0.25) is 0 Å². The molecule has 4 rings (SSSR count). The Bertz CT molecular complexity index is 1060. The summed E-state index contributed by atoms with van der Waals surface area (Å²) in [7, 11) is 0. The van der Waals surface area contributed by atoms with Crippen molar-refractivity contribution in [1.82, 2.24) is 9.80 Å². The number of likely N-dealkylation sites (tertiary alicyclic amines) is 1. The Morgan fingerprint density at radius 2 is 1.92 bits per heavy atom. The molecule has 8 heteroatoms. The van der Waals surface area contributed by atoms with Gasteiger partial charge in [-0.3, -0.25) is 14.4 Å². The van der Waals surface area contributed by atoms with Gasteiger partial charge in [0.25, 0.3) is 0 Å². The number of unbranched alkanes of at least 4 members (excludes halogenated alkanes) is 3. The molecule has 1 aromatic rings. The van der Waals surface area contributed by atoms with Crippen molar-refractivity contribution in [2.75, 3.05) is 26.3 Å². The number of allylic oxidation sites excluding steroid dienone is 1. The van der Waals surface area contributed by atoms with Gasteiger partial charge in [-0.05, 0) is 57.4 Å². The zero-order valence-electron chi connectivity index (χ0n) is 23.1. The second-order valence-corrected chi connectivity index (χ2v) is 11.1. The summed E-state index contributed by atoms with van der Waals surface area (Å²) in [4.78, 5) is 45.3. The van der Waals surface area contributed by atoms with E-state index >= 15 is 0 Å². The summed E-state index contributed by atoms with van der Waals surface area (Å²) < 4.78 is 12.3. The van der Waals surface area contributed by atoms with Crippen LogP contribution in [-0.2, 0) is 30.4 Å². The van der Waals surface area contributed by atoms with E-state index in [0.29, 0.717) is 51.7 Å². The molecule has 2 unspecified atom stereocenters. The zero-order valence-corrected chi connectivity index (χ0v) is 23.1. The van der Waals surface area contributed by atoms with Crippen LogP contribution in [0.5, 0.6) is 0 Å². The molecular formula is C31H42N2O6. The van der Waals surface area contributed by atoms with Gasteiger partial charge < -0.3 is 24.4 Å². The summed E-state index contributed by atoms with van der Waals surface area (Å²) in [5.41, 5.74) is -0.967. The normalized spacial score (nSPS) is 28.8. The minimum Gasteiger partial charge on any atom is -0.465 e. The van der Waals surface area contributed by atoms with Crippen LogP contribution in [0.4, 0.5) is 0 Å². The van der Waals surface area contributed by atoms with E-state index in [1.807, 2.05) is 37.3 Å². The van der Waals surface area contributed by atoms with Gasteiger partial charge in [0, 0.05) is 26.2 Å². The molecule has 3 aliphatic rings. The van der Waals surface area contributed by atoms with Gasteiger partial charge >= 0.3 is 5.97 Å². The Kier molecular flexibility index (Phi) is 9.28. The van der Waals surface area contributed by atoms with Crippen molar-refractivity contribution in [3.63, 3.8) is 0 Å². The van der Waals surface area contributed by atoms with Gasteiger partial charge in [0.1, 0.15) is 17.6 Å². The highest BCUT2D eigenvalue weighted by molar-refractivity contribution is 5.98. The van der Waals surface area contributed by atoms with Gasteiger partial charge in [-0.25, -0.2) is 0 Å². The highest BCUT2D eigenvalue weighted by Gasteiger charge is 2.78. The van der Waals surface area contributed by atoms with Gasteiger partial charge in [0.15, 0.2) is 0 Å². The molecule has 3 heterocycles. The topological polar surface area (TPSA) is 96.4 Å². The van der Waals surface area contributed by atoms with Crippen LogP contribution in [-0.4, -0.2) is 76.2 Å². The Balaban J connectivity index is 1.66. The minimum absolute atomic E-state index is 0.0777. The molecule has 1 aromatic carbocycles. The smallest absolute Gasteiger partial charge is 0.312 e. The molecule has 1 N–H and O–H groups in total. The number of carbonyl (C=O) groups excluding carboxylic acids is 3. The molecule has 3 fully saturated rings. The molecule has 39 heavy (non-hydrogen) atoms. The van der Waals surface area contributed by atoms with Crippen molar-refractivity contribution in [3.8, 4) is 0 Å². The predicted octanol–water partition coefficient (Wildman–Crippen LogP) is 3.64. The fourth-order valence-corrected chi connectivity index (χ4v) is 6.73. The van der Waals surface area contributed by atoms with Gasteiger partial charge in [0.05, 0.1) is 18.1 Å². The van der Waals surface area contributed by atoms with Crippen LogP contribution < -0.4 is 0 Å². The number of benzene rings is 1. The lowest BCUT2D eigenvalue weighted by Crippen LogP contribution is -2.56. The standard InChI is InChI=1S/C31H42N2O6/c1-4-6-13-21-38-29(37)25-24-27(35)33(19-11-8-12-20-34)26(31(24)17-16-30(25,3)39-31)28(36)32(18-5-2)22-23-14-9-7-10-15-23/h4-5,7,9-10,14-15,24-26,34H,1-2,6,8,11-13,16-22H2,3H3/t24-,25+,26?,30-,31?/m0/s1. The second kappa shape index (κ2) is 12.5. The molecule has 0 saturated carbocycles. The molecule has 0 aliphatic carbocycles. The molecule has 5 atom stereocenters. The van der Waals surface area contributed by atoms with E-state index < -0.39 is 35.0 Å². The number of ether oxygens (including phenoxy) is 2. The second-order valence-electron chi connectivity index (χ2n) is 11.1. The number of hydrogen-bond acceptors (Lipinski definition) is 6. The van der Waals surface area contributed by atoms with E-state index in [9.17, 15) is 19.5 Å². The van der Waals surface area contributed by atoms with Crippen molar-refractivity contribution >= 4 is 17.8 Å². The monoisotopic (exact) mass is 538 g/mol. The van der Waals surface area contributed by atoms with E-state index in [1.165, 1.54) is 0 Å². The molecule has 0 radical (unpaired) electrons. The molecule has 3 aliphatic heterocycles. The van der Waals surface area contributed by atoms with E-state index in [-0.39, 0.29) is 25.0 Å². The number of aliphatic hydroxyl groups excluding tert-OH is 1. The minimum atomic E-state index is -1.08. The maximum atomic E-state index is 14.4. The van der Waals surface area contributed by atoms with Crippen LogP contribution in [0, 0.1) is 11.8 Å². The maximum absolute atomic E-state index is 14.4. The third-order valence-electron chi connectivity index (χ3n) is 8.50. The first-order valence-corrected chi connectivity index (χ1v) is 14.2. The summed E-state index contributed by atoms with van der Waals surface area (Å²) in [5, 5.41) is 9.24. The first-order valence-electron chi connectivity index (χ1n) is 14.2. The lowest BCUT2D eigenvalue weighted by Gasteiger charge is -2.37. The highest BCUT2D eigenvalue weighted by Crippen LogP contribution is 2.63. The molecule has 2 amide bonds. The lowest BCUT2D eigenvalue weighted by atomic mass is 9.66. The molecular weight excluding hydrogens is 496 g/mol. The molecule has 1 spiro atoms. The highest BCUT2D eigenvalue weighted by atomic mass is 16.6. The van der Waals surface area contributed by atoms with Crippen LogP contribution >= 0.6 is 0 Å². The summed E-state index contributed by atoms with van der Waals surface area (Å²) in [6.45, 7) is 10.8.